The Hall–Kier alpha value is -3.39. The second kappa shape index (κ2) is 18.3. The first-order valence-corrected chi connectivity index (χ1v) is 16.1. The fourth-order valence-corrected chi connectivity index (χ4v) is 4.24. The van der Waals surface area contributed by atoms with Crippen molar-refractivity contribution in [2.45, 2.75) is 112 Å². The first-order chi connectivity index (χ1) is 25.8. The van der Waals surface area contributed by atoms with E-state index in [2.05, 4.69) is 21.6 Å². The molecule has 0 aliphatic heterocycles. The summed E-state index contributed by atoms with van der Waals surface area (Å²) in [5, 5.41) is 9.84. The Kier molecular flexibility index (Phi) is 15.9. The third-order valence-electron chi connectivity index (χ3n) is 7.47. The summed E-state index contributed by atoms with van der Waals surface area (Å²) in [6.45, 7) is -3.16. The number of aliphatic hydroxyl groups is 1. The molecule has 1 heterocycles. The van der Waals surface area contributed by atoms with Gasteiger partial charge in [-0.05, 0) is 42.7 Å². The van der Waals surface area contributed by atoms with E-state index >= 15 is 0 Å². The summed E-state index contributed by atoms with van der Waals surface area (Å²) in [7, 11) is 0. The minimum atomic E-state index is -8.22. The minimum absolute atomic E-state index is 0.00315. The molecule has 0 bridgehead atoms. The molecule has 1 atom stereocenters. The summed E-state index contributed by atoms with van der Waals surface area (Å²) in [6.07, 6.45) is -30.6. The summed E-state index contributed by atoms with van der Waals surface area (Å²) in [5.41, 5.74) is 1.41. The number of aryl methyl sites for hydroxylation is 1. The van der Waals surface area contributed by atoms with Crippen LogP contribution in [0, 0.1) is 0 Å². The number of alkyl halides is 19. The largest absolute Gasteiger partial charge is 0.491 e. The van der Waals surface area contributed by atoms with Crippen LogP contribution in [0.1, 0.15) is 51.0 Å². The third kappa shape index (κ3) is 11.9. The monoisotopic (exact) mass is 872 g/mol. The molecule has 0 radical (unpaired) electrons. The molecule has 0 amide bonds. The lowest BCUT2D eigenvalue weighted by molar-refractivity contribution is -0.555. The Morgan fingerprint density at radius 1 is 0.579 bits per heavy atom. The minimum Gasteiger partial charge on any atom is -0.491 e. The van der Waals surface area contributed by atoms with E-state index in [1.165, 1.54) is 35.4 Å². The van der Waals surface area contributed by atoms with Gasteiger partial charge in [-0.15, -0.1) is 0 Å². The van der Waals surface area contributed by atoms with Gasteiger partial charge in [0, 0.05) is 18.0 Å². The molecule has 0 saturated heterocycles. The molecule has 1 aromatic carbocycles. The lowest BCUT2D eigenvalue weighted by Crippen LogP contribution is -2.65. The van der Waals surface area contributed by atoms with Gasteiger partial charge in [0.1, 0.15) is 25.1 Å². The van der Waals surface area contributed by atoms with E-state index in [1.54, 1.807) is 17.1 Å². The van der Waals surface area contributed by atoms with Crippen LogP contribution in [0.4, 0.5) is 83.4 Å². The molecule has 2 rings (SSSR count). The van der Waals surface area contributed by atoms with Gasteiger partial charge >= 0.3 is 54.3 Å². The zero-order valence-corrected chi connectivity index (χ0v) is 28.8. The van der Waals surface area contributed by atoms with Crippen LogP contribution in [-0.2, 0) is 20.6 Å². The van der Waals surface area contributed by atoms with Gasteiger partial charge in [-0.25, -0.2) is 19.4 Å². The maximum atomic E-state index is 14.0. The van der Waals surface area contributed by atoms with E-state index in [-0.39, 0.29) is 5.75 Å². The molecular formula is C31H31F19N2O5. The number of unbranched alkanes of at least 4 members (excludes halogenated alkanes) is 5. The van der Waals surface area contributed by atoms with E-state index in [0.29, 0.717) is 11.4 Å². The first-order valence-electron chi connectivity index (χ1n) is 16.1. The molecule has 57 heavy (non-hydrogen) atoms. The van der Waals surface area contributed by atoms with Crippen LogP contribution in [0.25, 0.3) is 11.4 Å². The number of aliphatic hydroxyl groups excluding tert-OH is 1. The molecule has 0 aliphatic rings. The van der Waals surface area contributed by atoms with Crippen LogP contribution in [0.3, 0.4) is 0 Å². The van der Waals surface area contributed by atoms with Gasteiger partial charge in [0.25, 0.3) is 0 Å². The summed E-state index contributed by atoms with van der Waals surface area (Å²) < 4.78 is 264. The lowest BCUT2D eigenvalue weighted by atomic mass is 10.1. The van der Waals surface area contributed by atoms with Gasteiger partial charge in [0.05, 0.1) is 6.61 Å². The highest BCUT2D eigenvalue weighted by Gasteiger charge is 2.86. The Morgan fingerprint density at radius 2 is 1.05 bits per heavy atom. The standard InChI is InChI=1S/C31H31F19N2O5/c1-2-3-4-5-6-7-8-18-13-51-22(52-14-18)19-9-11-21(12-10-19)55-16-20(53)15-54-17-23(32,33)24(34,35)28(43,44)56-30(47,48)31(49,50)57-29(45,46)26(38,39)25(36,37)27(40,41)42/h9-14,20,53H,2-8,15-17H2,1H3. The molecule has 2 aromatic rings. The van der Waals surface area contributed by atoms with Crippen molar-refractivity contribution in [1.29, 1.82) is 0 Å². The van der Waals surface area contributed by atoms with Crippen molar-refractivity contribution in [3.05, 3.63) is 42.2 Å². The van der Waals surface area contributed by atoms with Gasteiger partial charge in [0.15, 0.2) is 5.82 Å². The number of ether oxygens (including phenoxy) is 4. The van der Waals surface area contributed by atoms with Crippen LogP contribution in [0.5, 0.6) is 5.75 Å². The number of benzene rings is 1. The second-order valence-electron chi connectivity index (χ2n) is 12.1. The fraction of sp³-hybridized carbons (Fsp3) is 0.677. The Morgan fingerprint density at radius 3 is 1.54 bits per heavy atom. The first kappa shape index (κ1) is 49.8. The molecule has 0 fully saturated rings. The fourth-order valence-electron chi connectivity index (χ4n) is 4.24. The van der Waals surface area contributed by atoms with E-state index < -0.39 is 80.2 Å². The molecule has 0 spiro atoms. The van der Waals surface area contributed by atoms with Crippen molar-refractivity contribution in [1.82, 2.24) is 9.97 Å². The maximum absolute atomic E-state index is 14.0. The van der Waals surface area contributed by atoms with Crippen molar-refractivity contribution < 1.29 is 107 Å². The van der Waals surface area contributed by atoms with Crippen molar-refractivity contribution in [2.75, 3.05) is 19.8 Å². The van der Waals surface area contributed by atoms with Crippen LogP contribution in [0.15, 0.2) is 36.7 Å². The highest BCUT2D eigenvalue weighted by Crippen LogP contribution is 2.57. The van der Waals surface area contributed by atoms with Crippen molar-refractivity contribution >= 4 is 0 Å². The molecule has 1 unspecified atom stereocenters. The zero-order valence-electron chi connectivity index (χ0n) is 28.8. The van der Waals surface area contributed by atoms with Crippen LogP contribution in [0.2, 0.25) is 0 Å². The van der Waals surface area contributed by atoms with Crippen LogP contribution < -0.4 is 4.74 Å². The zero-order chi connectivity index (χ0) is 43.9. The normalized spacial score (nSPS) is 14.9. The van der Waals surface area contributed by atoms with Crippen LogP contribution >= 0.6 is 0 Å². The predicted octanol–water partition coefficient (Wildman–Crippen LogP) is 10.3. The number of hydrogen-bond acceptors (Lipinski definition) is 7. The van der Waals surface area contributed by atoms with Gasteiger partial charge in [-0.1, -0.05) is 39.0 Å². The van der Waals surface area contributed by atoms with Gasteiger partial charge in [-0.3, -0.25) is 0 Å². The average molecular weight is 873 g/mol. The highest BCUT2D eigenvalue weighted by molar-refractivity contribution is 5.55. The summed E-state index contributed by atoms with van der Waals surface area (Å²) in [6, 6.07) is 5.57. The number of rotatable bonds is 24. The quantitative estimate of drug-likeness (QED) is 0.0831. The second-order valence-corrected chi connectivity index (χ2v) is 12.1. The molecule has 328 valence electrons. The van der Waals surface area contributed by atoms with Gasteiger partial charge < -0.3 is 14.6 Å². The molecule has 26 heteroatoms. The number of hydrogen-bond donors (Lipinski definition) is 1. The molecule has 7 nitrogen and oxygen atoms in total. The predicted molar refractivity (Wildman–Crippen MR) is 155 cm³/mol. The molecule has 1 aromatic heterocycles. The van der Waals surface area contributed by atoms with E-state index in [9.17, 15) is 88.5 Å². The lowest BCUT2D eigenvalue weighted by Gasteiger charge is -2.38. The highest BCUT2D eigenvalue weighted by atomic mass is 19.4. The molecule has 1 N–H and O–H groups in total. The third-order valence-corrected chi connectivity index (χ3v) is 7.47. The molecular weight excluding hydrogens is 841 g/mol. The van der Waals surface area contributed by atoms with Crippen molar-refractivity contribution in [3.63, 3.8) is 0 Å². The topological polar surface area (TPSA) is 82.9 Å². The van der Waals surface area contributed by atoms with E-state index in [4.69, 9.17) is 4.74 Å². The van der Waals surface area contributed by atoms with Crippen LogP contribution in [-0.4, -0.2) is 95.3 Å². The maximum Gasteiger partial charge on any atom is 0.460 e. The summed E-state index contributed by atoms with van der Waals surface area (Å²) >= 11 is 0. The van der Waals surface area contributed by atoms with Gasteiger partial charge in [-0.2, -0.15) is 83.4 Å². The van der Waals surface area contributed by atoms with Gasteiger partial charge in [0.2, 0.25) is 0 Å². The summed E-state index contributed by atoms with van der Waals surface area (Å²) in [5.74, 6) is -29.8. The van der Waals surface area contributed by atoms with E-state index in [0.717, 1.165) is 44.1 Å². The Balaban J connectivity index is 1.96. The van der Waals surface area contributed by atoms with Crippen molar-refractivity contribution in [3.8, 4) is 17.1 Å². The molecule has 0 aliphatic carbocycles. The number of halogens is 19. The number of aromatic nitrogens is 2. The molecule has 0 saturated carbocycles. The number of nitrogens with zero attached hydrogens (tertiary/aromatic N) is 2. The Bertz CT molecular complexity index is 1540. The summed E-state index contributed by atoms with van der Waals surface area (Å²) in [4.78, 5) is 8.54. The average Bonchev–Trinajstić information content (AvgIpc) is 3.07. The van der Waals surface area contributed by atoms with E-state index in [1.807, 2.05) is 0 Å². The van der Waals surface area contributed by atoms with Crippen molar-refractivity contribution in [2.24, 2.45) is 0 Å². The Labute approximate surface area is 309 Å². The smallest absolute Gasteiger partial charge is 0.460 e. The SMILES string of the molecule is CCCCCCCCc1cnc(-c2ccc(OCC(O)COCC(F)(F)C(F)(F)C(F)(F)OC(F)(F)C(F)(F)OC(F)(F)C(F)(F)C(F)(F)C(F)(F)F)cc2)nc1.